The predicted octanol–water partition coefficient (Wildman–Crippen LogP) is 5.63. The van der Waals surface area contributed by atoms with Gasteiger partial charge in [0.05, 0.1) is 17.6 Å². The number of thioether (sulfide) groups is 1. The van der Waals surface area contributed by atoms with Crippen molar-refractivity contribution in [2.45, 2.75) is 38.2 Å². The van der Waals surface area contributed by atoms with E-state index >= 15 is 0 Å². The smallest absolute Gasteiger partial charge is 0.230 e. The fraction of sp³-hybridized carbons (Fsp3) is 0.273. The lowest BCUT2D eigenvalue weighted by Gasteiger charge is -2.17. The van der Waals surface area contributed by atoms with Crippen molar-refractivity contribution in [3.63, 3.8) is 0 Å². The van der Waals surface area contributed by atoms with Gasteiger partial charge in [-0.05, 0) is 30.2 Å². The summed E-state index contributed by atoms with van der Waals surface area (Å²) in [6.07, 6.45) is 1.64. The molecule has 4 rings (SSSR count). The molecule has 1 amide bonds. The van der Waals surface area contributed by atoms with E-state index in [1.54, 1.807) is 29.8 Å². The largest absolute Gasteiger partial charge is 0.461 e. The molecule has 0 aliphatic heterocycles. The lowest BCUT2D eigenvalue weighted by Crippen LogP contribution is -2.22. The van der Waals surface area contributed by atoms with Crippen LogP contribution in [0.15, 0.2) is 63.7 Å². The van der Waals surface area contributed by atoms with Crippen LogP contribution in [-0.4, -0.2) is 25.7 Å². The summed E-state index contributed by atoms with van der Waals surface area (Å²) in [6.45, 7) is 6.66. The van der Waals surface area contributed by atoms with E-state index in [-0.39, 0.29) is 5.91 Å². The highest BCUT2D eigenvalue weighted by Crippen LogP contribution is 2.32. The van der Waals surface area contributed by atoms with Gasteiger partial charge in [0, 0.05) is 24.6 Å². The molecule has 3 aromatic heterocycles. The lowest BCUT2D eigenvalue weighted by atomic mass is 10.2. The summed E-state index contributed by atoms with van der Waals surface area (Å²) in [6, 6.07) is 13.3. The molecular formula is C22H23N5O2S2. The van der Waals surface area contributed by atoms with Crippen LogP contribution in [-0.2, 0) is 17.1 Å². The van der Waals surface area contributed by atoms with E-state index < -0.39 is 0 Å². The van der Waals surface area contributed by atoms with Gasteiger partial charge >= 0.3 is 0 Å². The zero-order valence-electron chi connectivity index (χ0n) is 17.6. The summed E-state index contributed by atoms with van der Waals surface area (Å²) in [7, 11) is 0. The first-order valence-electron chi connectivity index (χ1n) is 9.93. The molecule has 0 N–H and O–H groups in total. The number of anilines is 2. The van der Waals surface area contributed by atoms with Crippen molar-refractivity contribution in [2.24, 2.45) is 5.92 Å². The molecule has 0 spiro atoms. The van der Waals surface area contributed by atoms with E-state index in [1.807, 2.05) is 47.8 Å². The molecule has 4 aromatic rings. The number of aromatic nitrogens is 4. The van der Waals surface area contributed by atoms with Gasteiger partial charge in [-0.2, -0.15) is 0 Å². The fourth-order valence-corrected chi connectivity index (χ4v) is 4.95. The zero-order valence-corrected chi connectivity index (χ0v) is 19.2. The Labute approximate surface area is 189 Å². The van der Waals surface area contributed by atoms with Crippen LogP contribution in [0.5, 0.6) is 0 Å². The molecular weight excluding hydrogens is 430 g/mol. The van der Waals surface area contributed by atoms with Gasteiger partial charge in [0.15, 0.2) is 21.9 Å². The topological polar surface area (TPSA) is 77.1 Å². The number of amides is 1. The van der Waals surface area contributed by atoms with E-state index in [2.05, 4.69) is 28.6 Å². The van der Waals surface area contributed by atoms with Crippen LogP contribution in [0.1, 0.15) is 26.5 Å². The highest BCUT2D eigenvalue weighted by atomic mass is 32.2. The molecule has 0 saturated carbocycles. The molecule has 0 unspecified atom stereocenters. The van der Waals surface area contributed by atoms with Crippen molar-refractivity contribution >= 4 is 39.8 Å². The zero-order chi connectivity index (χ0) is 21.8. The van der Waals surface area contributed by atoms with E-state index in [0.29, 0.717) is 22.6 Å². The van der Waals surface area contributed by atoms with Gasteiger partial charge in [-0.3, -0.25) is 14.3 Å². The van der Waals surface area contributed by atoms with E-state index in [9.17, 15) is 4.79 Å². The first-order chi connectivity index (χ1) is 15.0. The minimum atomic E-state index is -0.0699. The molecule has 7 nitrogen and oxygen atoms in total. The van der Waals surface area contributed by atoms with Crippen molar-refractivity contribution in [3.05, 3.63) is 59.8 Å². The molecule has 9 heteroatoms. The molecule has 0 aliphatic rings. The Morgan fingerprint density at radius 1 is 1.19 bits per heavy atom. The Balaban J connectivity index is 1.53. The number of para-hydroxylation sites is 1. The van der Waals surface area contributed by atoms with Crippen LogP contribution < -0.4 is 4.90 Å². The van der Waals surface area contributed by atoms with Gasteiger partial charge in [-0.1, -0.05) is 43.8 Å². The third kappa shape index (κ3) is 4.88. The number of thiazole rings is 1. The molecule has 0 saturated heterocycles. The summed E-state index contributed by atoms with van der Waals surface area (Å²) >= 11 is 3.03. The summed E-state index contributed by atoms with van der Waals surface area (Å²) in [5, 5.41) is 12.2. The SMILES string of the molecule is CC(=O)N(c1ccccc1)c1nc(CSc2nnc(-c3ccco3)n2CC(C)C)cs1. The summed E-state index contributed by atoms with van der Waals surface area (Å²) in [4.78, 5) is 18.6. The molecule has 0 aliphatic carbocycles. The van der Waals surface area contributed by atoms with Gasteiger partial charge in [0.2, 0.25) is 5.91 Å². The summed E-state index contributed by atoms with van der Waals surface area (Å²) in [5.74, 6) is 2.43. The van der Waals surface area contributed by atoms with Crippen LogP contribution in [0, 0.1) is 5.92 Å². The van der Waals surface area contributed by atoms with Crippen molar-refractivity contribution in [2.75, 3.05) is 4.90 Å². The number of carbonyl (C=O) groups excluding carboxylic acids is 1. The van der Waals surface area contributed by atoms with Crippen LogP contribution in [0.3, 0.4) is 0 Å². The average molecular weight is 454 g/mol. The van der Waals surface area contributed by atoms with Crippen molar-refractivity contribution in [1.82, 2.24) is 19.7 Å². The molecule has 0 fully saturated rings. The lowest BCUT2D eigenvalue weighted by molar-refractivity contribution is -0.115. The van der Waals surface area contributed by atoms with E-state index in [1.165, 1.54) is 11.3 Å². The van der Waals surface area contributed by atoms with E-state index in [4.69, 9.17) is 9.40 Å². The van der Waals surface area contributed by atoms with Crippen molar-refractivity contribution in [3.8, 4) is 11.6 Å². The maximum Gasteiger partial charge on any atom is 0.230 e. The van der Waals surface area contributed by atoms with Gasteiger partial charge in [-0.15, -0.1) is 21.5 Å². The quantitative estimate of drug-likeness (QED) is 0.322. The summed E-state index contributed by atoms with van der Waals surface area (Å²) < 4.78 is 7.62. The molecule has 0 atom stereocenters. The normalized spacial score (nSPS) is 11.2. The standard InChI is InChI=1S/C22H23N5O2S2/c1-15(2)12-26-20(19-10-7-11-29-19)24-25-22(26)31-14-17-13-30-21(23-17)27(16(3)28)18-8-5-4-6-9-18/h4-11,13,15H,12,14H2,1-3H3. The second-order valence-electron chi connectivity index (χ2n) is 7.39. The number of rotatable bonds is 8. The molecule has 1 aromatic carbocycles. The van der Waals surface area contributed by atoms with Crippen molar-refractivity contribution in [1.29, 1.82) is 0 Å². The number of carbonyl (C=O) groups is 1. The Morgan fingerprint density at radius 3 is 2.68 bits per heavy atom. The Hall–Kier alpha value is -2.91. The molecule has 3 heterocycles. The second-order valence-corrected chi connectivity index (χ2v) is 9.17. The van der Waals surface area contributed by atoms with Crippen molar-refractivity contribution < 1.29 is 9.21 Å². The fourth-order valence-electron chi connectivity index (χ4n) is 3.12. The summed E-state index contributed by atoms with van der Waals surface area (Å²) in [5.41, 5.74) is 1.70. The van der Waals surface area contributed by atoms with Crippen LogP contribution in [0.25, 0.3) is 11.6 Å². The second kappa shape index (κ2) is 9.49. The Kier molecular flexibility index (Phi) is 6.53. The monoisotopic (exact) mass is 453 g/mol. The van der Waals surface area contributed by atoms with Crippen LogP contribution >= 0.6 is 23.1 Å². The maximum absolute atomic E-state index is 12.3. The van der Waals surface area contributed by atoms with Gasteiger partial charge < -0.3 is 4.42 Å². The third-order valence-electron chi connectivity index (χ3n) is 4.42. The van der Waals surface area contributed by atoms with Gasteiger partial charge in [0.1, 0.15) is 0 Å². The molecule has 0 radical (unpaired) electrons. The number of nitrogens with zero attached hydrogens (tertiary/aromatic N) is 5. The number of hydrogen-bond donors (Lipinski definition) is 0. The maximum atomic E-state index is 12.3. The Bertz CT molecular complexity index is 1140. The van der Waals surface area contributed by atoms with E-state index in [0.717, 1.165) is 28.9 Å². The first-order valence-corrected chi connectivity index (χ1v) is 11.8. The highest BCUT2D eigenvalue weighted by molar-refractivity contribution is 7.98. The van der Waals surface area contributed by atoms with Gasteiger partial charge in [0.25, 0.3) is 0 Å². The molecule has 160 valence electrons. The average Bonchev–Trinajstić information content (AvgIpc) is 3.48. The van der Waals surface area contributed by atoms with Crippen LogP contribution in [0.4, 0.5) is 10.8 Å². The van der Waals surface area contributed by atoms with Crippen LogP contribution in [0.2, 0.25) is 0 Å². The molecule has 31 heavy (non-hydrogen) atoms. The minimum absolute atomic E-state index is 0.0699. The molecule has 0 bridgehead atoms. The predicted molar refractivity (Wildman–Crippen MR) is 123 cm³/mol. The number of furan rings is 1. The highest BCUT2D eigenvalue weighted by Gasteiger charge is 2.20. The van der Waals surface area contributed by atoms with Gasteiger partial charge in [-0.25, -0.2) is 4.98 Å². The number of benzene rings is 1. The Morgan fingerprint density at radius 2 is 2.00 bits per heavy atom. The minimum Gasteiger partial charge on any atom is -0.461 e. The number of hydrogen-bond acceptors (Lipinski definition) is 7. The third-order valence-corrected chi connectivity index (χ3v) is 6.29. The first kappa shape index (κ1) is 21.3.